The van der Waals surface area contributed by atoms with Gasteiger partial charge >= 0.3 is 12.1 Å². The molecule has 1 aliphatic rings. The fourth-order valence-corrected chi connectivity index (χ4v) is 3.81. The van der Waals surface area contributed by atoms with E-state index in [2.05, 4.69) is 5.32 Å². The Morgan fingerprint density at radius 3 is 2.33 bits per heavy atom. The first kappa shape index (κ1) is 24.2. The second-order valence-corrected chi connectivity index (χ2v) is 9.04. The standard InChI is InChI=1S/C23H35NO6/c1-23(2,3)30-22(28)24-18(14-16-10-6-4-7-11-16)19(25)20(21(26)27)29-15-17-12-8-5-9-13-17/h5,8-9,12-13,16,18-20,25H,4,6-7,10-11,14-15H2,1-3H3,(H,24,28)(H,26,27). The van der Waals surface area contributed by atoms with Gasteiger partial charge in [-0.15, -0.1) is 0 Å². The van der Waals surface area contributed by atoms with Gasteiger partial charge in [0.15, 0.2) is 6.10 Å². The van der Waals surface area contributed by atoms with E-state index in [0.29, 0.717) is 12.3 Å². The van der Waals surface area contributed by atoms with Gasteiger partial charge < -0.3 is 25.0 Å². The number of aliphatic hydroxyl groups is 1. The van der Waals surface area contributed by atoms with Crippen LogP contribution in [0.4, 0.5) is 4.79 Å². The summed E-state index contributed by atoms with van der Waals surface area (Å²) in [6.07, 6.45) is 2.34. The average molecular weight is 422 g/mol. The van der Waals surface area contributed by atoms with Gasteiger partial charge in [0.05, 0.1) is 12.6 Å². The van der Waals surface area contributed by atoms with Crippen molar-refractivity contribution in [3.05, 3.63) is 35.9 Å². The quantitative estimate of drug-likeness (QED) is 0.559. The predicted octanol–water partition coefficient (Wildman–Crippen LogP) is 3.88. The van der Waals surface area contributed by atoms with Gasteiger partial charge in [-0.3, -0.25) is 0 Å². The molecule has 0 bridgehead atoms. The third-order valence-corrected chi connectivity index (χ3v) is 5.25. The van der Waals surface area contributed by atoms with Crippen LogP contribution in [0.3, 0.4) is 0 Å². The molecular formula is C23H35NO6. The van der Waals surface area contributed by atoms with Crippen molar-refractivity contribution >= 4 is 12.1 Å². The van der Waals surface area contributed by atoms with Crippen molar-refractivity contribution in [3.63, 3.8) is 0 Å². The fourth-order valence-electron chi connectivity index (χ4n) is 3.81. The third kappa shape index (κ3) is 8.32. The molecule has 1 aliphatic carbocycles. The number of hydrogen-bond acceptors (Lipinski definition) is 5. The first-order chi connectivity index (χ1) is 14.2. The van der Waals surface area contributed by atoms with Crippen molar-refractivity contribution < 1.29 is 29.3 Å². The molecule has 0 aliphatic heterocycles. The zero-order chi connectivity index (χ0) is 22.1. The second-order valence-electron chi connectivity index (χ2n) is 9.04. The molecule has 0 spiro atoms. The summed E-state index contributed by atoms with van der Waals surface area (Å²) >= 11 is 0. The van der Waals surface area contributed by atoms with Gasteiger partial charge in [0.25, 0.3) is 0 Å². The van der Waals surface area contributed by atoms with Crippen molar-refractivity contribution in [1.29, 1.82) is 0 Å². The zero-order valence-corrected chi connectivity index (χ0v) is 18.2. The van der Waals surface area contributed by atoms with Crippen LogP contribution in [0.2, 0.25) is 0 Å². The van der Waals surface area contributed by atoms with E-state index in [-0.39, 0.29) is 6.61 Å². The molecule has 3 N–H and O–H groups in total. The van der Waals surface area contributed by atoms with E-state index in [0.717, 1.165) is 31.2 Å². The number of carboxylic acids is 1. The molecule has 0 saturated heterocycles. The van der Waals surface area contributed by atoms with Gasteiger partial charge in [-0.05, 0) is 38.7 Å². The minimum Gasteiger partial charge on any atom is -0.479 e. The van der Waals surface area contributed by atoms with Crippen molar-refractivity contribution in [2.75, 3.05) is 0 Å². The molecule has 2 rings (SSSR count). The maximum Gasteiger partial charge on any atom is 0.407 e. The molecular weight excluding hydrogens is 386 g/mol. The number of aliphatic hydroxyl groups excluding tert-OH is 1. The number of alkyl carbamates (subject to hydrolysis) is 1. The van der Waals surface area contributed by atoms with Crippen LogP contribution >= 0.6 is 0 Å². The summed E-state index contributed by atoms with van der Waals surface area (Å²) in [6, 6.07) is 8.40. The molecule has 0 heterocycles. The van der Waals surface area contributed by atoms with Gasteiger partial charge in [-0.2, -0.15) is 0 Å². The number of carbonyl (C=O) groups excluding carboxylic acids is 1. The smallest absolute Gasteiger partial charge is 0.407 e. The highest BCUT2D eigenvalue weighted by Gasteiger charge is 2.37. The largest absolute Gasteiger partial charge is 0.479 e. The molecule has 0 radical (unpaired) electrons. The number of hydrogen-bond donors (Lipinski definition) is 3. The zero-order valence-electron chi connectivity index (χ0n) is 18.2. The summed E-state index contributed by atoms with van der Waals surface area (Å²) in [7, 11) is 0. The molecule has 7 nitrogen and oxygen atoms in total. The Morgan fingerprint density at radius 2 is 1.77 bits per heavy atom. The van der Waals surface area contributed by atoms with Crippen molar-refractivity contribution in [2.24, 2.45) is 5.92 Å². The van der Waals surface area contributed by atoms with Crippen LogP contribution in [0.1, 0.15) is 64.9 Å². The van der Waals surface area contributed by atoms with Crippen molar-refractivity contribution in [1.82, 2.24) is 5.32 Å². The van der Waals surface area contributed by atoms with Crippen LogP contribution in [0.25, 0.3) is 0 Å². The molecule has 3 unspecified atom stereocenters. The van der Waals surface area contributed by atoms with Gasteiger partial charge in [0.1, 0.15) is 11.7 Å². The molecule has 1 fully saturated rings. The summed E-state index contributed by atoms with van der Waals surface area (Å²) in [5, 5.41) is 23.3. The van der Waals surface area contributed by atoms with Crippen LogP contribution in [-0.4, -0.2) is 46.1 Å². The predicted molar refractivity (Wildman–Crippen MR) is 113 cm³/mol. The summed E-state index contributed by atoms with van der Waals surface area (Å²) < 4.78 is 10.9. The Labute approximate surface area is 178 Å². The Bertz CT molecular complexity index is 666. The molecule has 3 atom stereocenters. The Morgan fingerprint density at radius 1 is 1.13 bits per heavy atom. The topological polar surface area (TPSA) is 105 Å². The Kier molecular flexibility index (Phi) is 9.11. The minimum absolute atomic E-state index is 0.0530. The van der Waals surface area contributed by atoms with E-state index >= 15 is 0 Å². The summed E-state index contributed by atoms with van der Waals surface area (Å²) in [5.74, 6) is -0.949. The average Bonchev–Trinajstić information content (AvgIpc) is 2.67. The number of rotatable bonds is 9. The van der Waals surface area contributed by atoms with E-state index in [4.69, 9.17) is 9.47 Å². The fraction of sp³-hybridized carbons (Fsp3) is 0.652. The van der Waals surface area contributed by atoms with Crippen LogP contribution in [0.15, 0.2) is 30.3 Å². The van der Waals surface area contributed by atoms with Crippen LogP contribution in [0, 0.1) is 5.92 Å². The second kappa shape index (κ2) is 11.3. The minimum atomic E-state index is -1.46. The maximum absolute atomic E-state index is 12.4. The number of amides is 1. The number of ether oxygens (including phenoxy) is 2. The van der Waals surface area contributed by atoms with E-state index in [1.54, 1.807) is 20.8 Å². The maximum atomic E-state index is 12.4. The van der Waals surface area contributed by atoms with Crippen LogP contribution < -0.4 is 5.32 Å². The highest BCUT2D eigenvalue weighted by Crippen LogP contribution is 2.29. The lowest BCUT2D eigenvalue weighted by Gasteiger charge is -2.33. The number of carboxylic acid groups (broad SMARTS) is 1. The number of carbonyl (C=O) groups is 2. The monoisotopic (exact) mass is 421 g/mol. The number of aliphatic carboxylic acids is 1. The lowest BCUT2D eigenvalue weighted by molar-refractivity contribution is -0.161. The van der Waals surface area contributed by atoms with Gasteiger partial charge in [-0.1, -0.05) is 62.4 Å². The van der Waals surface area contributed by atoms with Gasteiger partial charge in [-0.25, -0.2) is 9.59 Å². The van der Waals surface area contributed by atoms with Crippen LogP contribution in [0.5, 0.6) is 0 Å². The van der Waals surface area contributed by atoms with Gasteiger partial charge in [0.2, 0.25) is 0 Å². The summed E-state index contributed by atoms with van der Waals surface area (Å²) in [4.78, 5) is 24.2. The highest BCUT2D eigenvalue weighted by molar-refractivity contribution is 5.74. The summed E-state index contributed by atoms with van der Waals surface area (Å²) in [6.45, 7) is 5.31. The summed E-state index contributed by atoms with van der Waals surface area (Å²) in [5.41, 5.74) is 0.111. The lowest BCUT2D eigenvalue weighted by atomic mass is 9.83. The molecule has 0 aromatic heterocycles. The molecule has 30 heavy (non-hydrogen) atoms. The normalized spacial score (nSPS) is 18.3. The van der Waals surface area contributed by atoms with Crippen molar-refractivity contribution in [3.8, 4) is 0 Å². The molecule has 1 aromatic rings. The Balaban J connectivity index is 2.10. The SMILES string of the molecule is CC(C)(C)OC(=O)NC(CC1CCCCC1)C(O)C(OCc1ccccc1)C(=O)O. The highest BCUT2D eigenvalue weighted by atomic mass is 16.6. The van der Waals surface area contributed by atoms with E-state index in [1.165, 1.54) is 6.42 Å². The molecule has 1 saturated carbocycles. The molecule has 7 heteroatoms. The number of nitrogens with one attached hydrogen (secondary N) is 1. The molecule has 1 aromatic carbocycles. The van der Waals surface area contributed by atoms with Crippen LogP contribution in [-0.2, 0) is 20.9 Å². The molecule has 1 amide bonds. The van der Waals surface area contributed by atoms with E-state index in [1.807, 2.05) is 30.3 Å². The first-order valence-corrected chi connectivity index (χ1v) is 10.7. The van der Waals surface area contributed by atoms with Crippen molar-refractivity contribution in [2.45, 2.75) is 89.8 Å². The first-order valence-electron chi connectivity index (χ1n) is 10.7. The lowest BCUT2D eigenvalue weighted by Crippen LogP contribution is -2.53. The van der Waals surface area contributed by atoms with E-state index in [9.17, 15) is 19.8 Å². The Hall–Kier alpha value is -2.12. The van der Waals surface area contributed by atoms with Gasteiger partial charge in [0, 0.05) is 0 Å². The number of benzene rings is 1. The molecule has 168 valence electrons. The van der Waals surface area contributed by atoms with E-state index < -0.39 is 35.9 Å². The third-order valence-electron chi connectivity index (χ3n) is 5.25.